The lowest BCUT2D eigenvalue weighted by Crippen LogP contribution is -2.35. The molecule has 0 fully saturated rings. The van der Waals surface area contributed by atoms with Gasteiger partial charge in [0.2, 0.25) is 0 Å². The van der Waals surface area contributed by atoms with Gasteiger partial charge in [0.25, 0.3) is 0 Å². The summed E-state index contributed by atoms with van der Waals surface area (Å²) in [5, 5.41) is 3.43. The predicted octanol–water partition coefficient (Wildman–Crippen LogP) is 1.32. The summed E-state index contributed by atoms with van der Waals surface area (Å²) < 4.78 is 27.9. The summed E-state index contributed by atoms with van der Waals surface area (Å²) in [6.07, 6.45) is 1.27. The van der Waals surface area contributed by atoms with Gasteiger partial charge < -0.3 is 15.0 Å². The predicted molar refractivity (Wildman–Crippen MR) is 86.6 cm³/mol. The summed E-state index contributed by atoms with van der Waals surface area (Å²) in [6, 6.07) is 8.01. The average Bonchev–Trinajstić information content (AvgIpc) is 2.44. The normalized spacial score (nSPS) is 13.4. The molecule has 1 rings (SSSR count). The largest absolute Gasteiger partial charge is 0.496 e. The number of ether oxygens (including phenoxy) is 1. The number of nitrogens with one attached hydrogen (secondary N) is 1. The molecule has 0 saturated heterocycles. The van der Waals surface area contributed by atoms with Crippen LogP contribution < -0.4 is 10.1 Å². The standard InChI is InChI=1S/C15H26N2O3S/c1-5-16-14(12-17(2)10-11-21(4,18)19)13-8-6-7-9-15(13)20-3/h6-9,14,16H,5,10-12H2,1-4H3. The van der Waals surface area contributed by atoms with E-state index in [1.807, 2.05) is 36.2 Å². The van der Waals surface area contributed by atoms with Crippen LogP contribution in [0.3, 0.4) is 0 Å². The van der Waals surface area contributed by atoms with Crippen LogP contribution in [0.15, 0.2) is 24.3 Å². The van der Waals surface area contributed by atoms with Crippen LogP contribution in [0, 0.1) is 0 Å². The van der Waals surface area contributed by atoms with E-state index in [2.05, 4.69) is 12.2 Å². The summed E-state index contributed by atoms with van der Waals surface area (Å²) in [5.41, 5.74) is 1.09. The van der Waals surface area contributed by atoms with Crippen LogP contribution >= 0.6 is 0 Å². The molecule has 0 bridgehead atoms. The van der Waals surface area contributed by atoms with Crippen LogP contribution in [0.25, 0.3) is 0 Å². The summed E-state index contributed by atoms with van der Waals surface area (Å²) in [7, 11) is 0.666. The van der Waals surface area contributed by atoms with E-state index < -0.39 is 9.84 Å². The molecule has 0 saturated carbocycles. The van der Waals surface area contributed by atoms with Crippen LogP contribution in [0.4, 0.5) is 0 Å². The van der Waals surface area contributed by atoms with Crippen molar-refractivity contribution in [3.8, 4) is 5.75 Å². The third-order valence-electron chi connectivity index (χ3n) is 3.30. The maximum Gasteiger partial charge on any atom is 0.148 e. The maximum atomic E-state index is 11.3. The van der Waals surface area contributed by atoms with Crippen molar-refractivity contribution in [2.45, 2.75) is 13.0 Å². The van der Waals surface area contributed by atoms with Gasteiger partial charge in [-0.2, -0.15) is 0 Å². The minimum atomic E-state index is -2.93. The molecule has 0 heterocycles. The second-order valence-electron chi connectivity index (χ2n) is 5.24. The molecule has 1 atom stereocenters. The van der Waals surface area contributed by atoms with Gasteiger partial charge >= 0.3 is 0 Å². The zero-order valence-corrected chi connectivity index (χ0v) is 14.1. The van der Waals surface area contributed by atoms with Crippen molar-refractivity contribution < 1.29 is 13.2 Å². The number of para-hydroxylation sites is 1. The Kier molecular flexibility index (Phi) is 7.14. The van der Waals surface area contributed by atoms with E-state index in [4.69, 9.17) is 4.74 Å². The fourth-order valence-corrected chi connectivity index (χ4v) is 2.84. The molecule has 120 valence electrons. The van der Waals surface area contributed by atoms with Gasteiger partial charge in [-0.05, 0) is 19.7 Å². The molecule has 21 heavy (non-hydrogen) atoms. The Labute approximate surface area is 128 Å². The highest BCUT2D eigenvalue weighted by molar-refractivity contribution is 7.90. The zero-order chi connectivity index (χ0) is 15.9. The molecule has 0 aliphatic rings. The van der Waals surface area contributed by atoms with Crippen molar-refractivity contribution in [2.75, 3.05) is 45.8 Å². The van der Waals surface area contributed by atoms with Crippen LogP contribution in [0.1, 0.15) is 18.5 Å². The third kappa shape index (κ3) is 6.46. The molecule has 1 aromatic carbocycles. The van der Waals surface area contributed by atoms with Gasteiger partial charge in [0.1, 0.15) is 15.6 Å². The molecular weight excluding hydrogens is 288 g/mol. The monoisotopic (exact) mass is 314 g/mol. The fourth-order valence-electron chi connectivity index (χ4n) is 2.20. The van der Waals surface area contributed by atoms with E-state index in [1.54, 1.807) is 7.11 Å². The number of hydrogen-bond acceptors (Lipinski definition) is 5. The van der Waals surface area contributed by atoms with Gasteiger partial charge in [-0.1, -0.05) is 25.1 Å². The Morgan fingerprint density at radius 2 is 2.00 bits per heavy atom. The second kappa shape index (κ2) is 8.36. The van der Waals surface area contributed by atoms with Gasteiger partial charge in [0.05, 0.1) is 12.9 Å². The summed E-state index contributed by atoms with van der Waals surface area (Å²) in [5.74, 6) is 1.02. The third-order valence-corrected chi connectivity index (χ3v) is 4.23. The Bertz CT molecular complexity index is 531. The van der Waals surface area contributed by atoms with E-state index in [9.17, 15) is 8.42 Å². The lowest BCUT2D eigenvalue weighted by molar-refractivity contribution is 0.300. The lowest BCUT2D eigenvalue weighted by Gasteiger charge is -2.26. The van der Waals surface area contributed by atoms with Crippen LogP contribution in [0.2, 0.25) is 0 Å². The first-order valence-corrected chi connectivity index (χ1v) is 9.16. The molecule has 0 aliphatic carbocycles. The number of hydrogen-bond donors (Lipinski definition) is 1. The minimum Gasteiger partial charge on any atom is -0.496 e. The van der Waals surface area contributed by atoms with Crippen molar-refractivity contribution in [3.63, 3.8) is 0 Å². The van der Waals surface area contributed by atoms with E-state index in [-0.39, 0.29) is 11.8 Å². The summed E-state index contributed by atoms with van der Waals surface area (Å²) in [6.45, 7) is 4.14. The Morgan fingerprint density at radius 1 is 1.33 bits per heavy atom. The molecular formula is C15H26N2O3S. The first-order valence-electron chi connectivity index (χ1n) is 7.10. The smallest absolute Gasteiger partial charge is 0.148 e. The molecule has 0 spiro atoms. The van der Waals surface area contributed by atoms with Crippen molar-refractivity contribution in [2.24, 2.45) is 0 Å². The fraction of sp³-hybridized carbons (Fsp3) is 0.600. The van der Waals surface area contributed by atoms with E-state index in [0.29, 0.717) is 6.54 Å². The summed E-state index contributed by atoms with van der Waals surface area (Å²) in [4.78, 5) is 2.03. The highest BCUT2D eigenvalue weighted by Gasteiger charge is 2.17. The SMILES string of the molecule is CCNC(CN(C)CCS(C)(=O)=O)c1ccccc1OC. The number of sulfone groups is 1. The Balaban J connectivity index is 2.77. The molecule has 1 unspecified atom stereocenters. The molecule has 6 heteroatoms. The van der Waals surface area contributed by atoms with Crippen molar-refractivity contribution in [3.05, 3.63) is 29.8 Å². The highest BCUT2D eigenvalue weighted by Crippen LogP contribution is 2.25. The number of rotatable bonds is 9. The highest BCUT2D eigenvalue weighted by atomic mass is 32.2. The minimum absolute atomic E-state index is 0.107. The zero-order valence-electron chi connectivity index (χ0n) is 13.3. The number of benzene rings is 1. The van der Waals surface area contributed by atoms with Gasteiger partial charge in [-0.3, -0.25) is 0 Å². The van der Waals surface area contributed by atoms with Gasteiger partial charge in [-0.15, -0.1) is 0 Å². The van der Waals surface area contributed by atoms with Gasteiger partial charge in [0.15, 0.2) is 0 Å². The molecule has 5 nitrogen and oxygen atoms in total. The van der Waals surface area contributed by atoms with Crippen molar-refractivity contribution >= 4 is 9.84 Å². The average molecular weight is 314 g/mol. The van der Waals surface area contributed by atoms with Crippen molar-refractivity contribution in [1.82, 2.24) is 10.2 Å². The van der Waals surface area contributed by atoms with E-state index >= 15 is 0 Å². The Hall–Kier alpha value is -1.11. The Morgan fingerprint density at radius 3 is 2.57 bits per heavy atom. The number of likely N-dealkylation sites (N-methyl/N-ethyl adjacent to an activating group) is 2. The lowest BCUT2D eigenvalue weighted by atomic mass is 10.1. The topological polar surface area (TPSA) is 58.6 Å². The molecule has 0 aromatic heterocycles. The second-order valence-corrected chi connectivity index (χ2v) is 7.50. The van der Waals surface area contributed by atoms with E-state index in [1.165, 1.54) is 6.26 Å². The summed E-state index contributed by atoms with van der Waals surface area (Å²) >= 11 is 0. The van der Waals surface area contributed by atoms with Gasteiger partial charge in [-0.25, -0.2) is 8.42 Å². The quantitative estimate of drug-likeness (QED) is 0.745. The first kappa shape index (κ1) is 17.9. The first-order chi connectivity index (χ1) is 9.87. The molecule has 1 aromatic rings. The number of methoxy groups -OCH3 is 1. The van der Waals surface area contributed by atoms with Crippen LogP contribution in [-0.2, 0) is 9.84 Å². The molecule has 0 radical (unpaired) electrons. The number of nitrogens with zero attached hydrogens (tertiary/aromatic N) is 1. The van der Waals surface area contributed by atoms with Crippen molar-refractivity contribution in [1.29, 1.82) is 0 Å². The molecule has 1 N–H and O–H groups in total. The van der Waals surface area contributed by atoms with E-state index in [0.717, 1.165) is 24.4 Å². The van der Waals surface area contributed by atoms with Gasteiger partial charge in [0, 0.05) is 31.0 Å². The van der Waals surface area contributed by atoms with Crippen LogP contribution in [0.5, 0.6) is 5.75 Å². The molecule has 0 amide bonds. The molecule has 0 aliphatic heterocycles. The van der Waals surface area contributed by atoms with Crippen LogP contribution in [-0.4, -0.2) is 59.1 Å². The maximum absolute atomic E-state index is 11.3.